The van der Waals surface area contributed by atoms with Crippen molar-refractivity contribution in [3.05, 3.63) is 157 Å². The van der Waals surface area contributed by atoms with Gasteiger partial charge in [-0.15, -0.1) is 0 Å². The summed E-state index contributed by atoms with van der Waals surface area (Å²) in [4.78, 5) is 20.0. The molecule has 43 heavy (non-hydrogen) atoms. The molecule has 2 aromatic heterocycles. The Morgan fingerprint density at radius 1 is 0.326 bits per heavy atom. The number of hydrogen-bond donors (Lipinski definition) is 0. The zero-order chi connectivity index (χ0) is 29.0. The second-order valence-electron chi connectivity index (χ2n) is 10.1. The van der Waals surface area contributed by atoms with E-state index in [1.165, 1.54) is 0 Å². The van der Waals surface area contributed by atoms with Crippen molar-refractivity contribution < 1.29 is 0 Å². The second-order valence-corrected chi connectivity index (χ2v) is 10.4. The average Bonchev–Trinajstić information content (AvgIpc) is 3.09. The van der Waals surface area contributed by atoms with Gasteiger partial charge in [0.05, 0.1) is 22.8 Å². The van der Waals surface area contributed by atoms with Crippen molar-refractivity contribution in [1.29, 1.82) is 0 Å². The summed E-state index contributed by atoms with van der Waals surface area (Å²) in [5.74, 6) is 0.633. The molecule has 0 amide bonds. The molecule has 204 valence electrons. The quantitative estimate of drug-likeness (QED) is 0.199. The summed E-state index contributed by atoms with van der Waals surface area (Å²) in [6, 6.07) is 50.5. The third-order valence-electron chi connectivity index (χ3n) is 7.21. The molecule has 4 nitrogen and oxygen atoms in total. The van der Waals surface area contributed by atoms with Gasteiger partial charge in [-0.25, -0.2) is 19.9 Å². The molecule has 0 saturated carbocycles. The van der Waals surface area contributed by atoms with Crippen LogP contribution >= 0.6 is 11.6 Å². The highest BCUT2D eigenvalue weighted by Gasteiger charge is 2.18. The van der Waals surface area contributed by atoms with Crippen molar-refractivity contribution >= 4 is 11.6 Å². The van der Waals surface area contributed by atoms with Gasteiger partial charge in [0.25, 0.3) is 0 Å². The Kier molecular flexibility index (Phi) is 7.26. The Labute approximate surface area is 255 Å². The molecule has 0 aliphatic carbocycles. The Morgan fingerprint density at radius 2 is 0.744 bits per heavy atom. The lowest BCUT2D eigenvalue weighted by Gasteiger charge is -2.14. The molecule has 2 heterocycles. The van der Waals surface area contributed by atoms with Gasteiger partial charge in [-0.2, -0.15) is 0 Å². The topological polar surface area (TPSA) is 51.6 Å². The van der Waals surface area contributed by atoms with E-state index in [1.54, 1.807) is 0 Å². The Hall–Kier alpha value is -5.45. The van der Waals surface area contributed by atoms with Crippen LogP contribution in [-0.4, -0.2) is 19.9 Å². The van der Waals surface area contributed by atoms with Crippen molar-refractivity contribution in [1.82, 2.24) is 19.9 Å². The van der Waals surface area contributed by atoms with E-state index < -0.39 is 0 Å². The Bertz CT molecular complexity index is 1960. The molecule has 0 spiro atoms. The summed E-state index contributed by atoms with van der Waals surface area (Å²) in [6.45, 7) is 0. The molecule has 0 saturated heterocycles. The lowest BCUT2D eigenvalue weighted by molar-refractivity contribution is 1.18. The van der Waals surface area contributed by atoms with Crippen molar-refractivity contribution in [3.8, 4) is 67.7 Å². The van der Waals surface area contributed by atoms with Crippen LogP contribution in [0.5, 0.6) is 0 Å². The SMILES string of the molecule is Clc1nc(-c2ccccc2)c(-c2cccc(-c3nc(-c4ccccc4)cc(-c4ccccc4)n3)c2)nc1-c1ccccc1. The monoisotopic (exact) mass is 572 g/mol. The van der Waals surface area contributed by atoms with Gasteiger partial charge in [-0.05, 0) is 12.1 Å². The van der Waals surface area contributed by atoms with Gasteiger partial charge in [0, 0.05) is 33.4 Å². The molecule has 0 radical (unpaired) electrons. The fourth-order valence-electron chi connectivity index (χ4n) is 5.09. The van der Waals surface area contributed by atoms with Crippen molar-refractivity contribution in [2.24, 2.45) is 0 Å². The molecule has 0 fully saturated rings. The summed E-state index contributed by atoms with van der Waals surface area (Å²) in [5, 5.41) is 0.358. The van der Waals surface area contributed by atoms with Crippen molar-refractivity contribution in [2.75, 3.05) is 0 Å². The number of rotatable bonds is 6. The van der Waals surface area contributed by atoms with Crippen molar-refractivity contribution in [2.45, 2.75) is 0 Å². The first kappa shape index (κ1) is 26.4. The molecule has 0 aliphatic heterocycles. The van der Waals surface area contributed by atoms with Crippen LogP contribution in [0.25, 0.3) is 67.7 Å². The highest BCUT2D eigenvalue weighted by Crippen LogP contribution is 2.36. The van der Waals surface area contributed by atoms with E-state index in [4.69, 9.17) is 31.5 Å². The van der Waals surface area contributed by atoms with Gasteiger partial charge in [-0.3, -0.25) is 0 Å². The maximum absolute atomic E-state index is 6.76. The Balaban J connectivity index is 1.41. The van der Waals surface area contributed by atoms with E-state index in [9.17, 15) is 0 Å². The van der Waals surface area contributed by atoms with Gasteiger partial charge in [0.1, 0.15) is 5.69 Å². The third kappa shape index (κ3) is 5.56. The standard InChI is InChI=1S/C38H25ClN4/c39-37-36(29-20-11-4-12-21-29)42-35(34(43-37)28-18-9-3-10-19-28)30-22-13-23-31(24-30)38-40-32(26-14-5-1-6-15-26)25-33(41-38)27-16-7-2-8-17-27/h1-25H. The first-order valence-electron chi connectivity index (χ1n) is 14.0. The van der Waals surface area contributed by atoms with Gasteiger partial charge >= 0.3 is 0 Å². The average molecular weight is 573 g/mol. The van der Waals surface area contributed by atoms with Crippen LogP contribution in [0.3, 0.4) is 0 Å². The van der Waals surface area contributed by atoms with E-state index in [0.717, 1.165) is 50.5 Å². The zero-order valence-electron chi connectivity index (χ0n) is 23.1. The van der Waals surface area contributed by atoms with Crippen LogP contribution in [0.2, 0.25) is 5.15 Å². The third-order valence-corrected chi connectivity index (χ3v) is 7.47. The number of halogens is 1. The second kappa shape index (κ2) is 11.8. The normalized spacial score (nSPS) is 10.9. The zero-order valence-corrected chi connectivity index (χ0v) is 23.9. The van der Waals surface area contributed by atoms with Gasteiger partial charge in [-0.1, -0.05) is 151 Å². The number of aromatic nitrogens is 4. The van der Waals surface area contributed by atoms with Crippen LogP contribution in [0.1, 0.15) is 0 Å². The van der Waals surface area contributed by atoms with Crippen LogP contribution in [-0.2, 0) is 0 Å². The molecule has 5 heteroatoms. The van der Waals surface area contributed by atoms with Gasteiger partial charge in [0.15, 0.2) is 11.0 Å². The van der Waals surface area contributed by atoms with Gasteiger partial charge in [0.2, 0.25) is 0 Å². The minimum absolute atomic E-state index is 0.358. The summed E-state index contributed by atoms with van der Waals surface area (Å²) >= 11 is 6.76. The Morgan fingerprint density at radius 3 is 1.28 bits per heavy atom. The van der Waals surface area contributed by atoms with Crippen LogP contribution in [0.4, 0.5) is 0 Å². The summed E-state index contributed by atoms with van der Waals surface area (Å²) in [6.07, 6.45) is 0. The predicted molar refractivity (Wildman–Crippen MR) is 175 cm³/mol. The fraction of sp³-hybridized carbons (Fsp3) is 0. The predicted octanol–water partition coefficient (Wildman–Crippen LogP) is 9.92. The molecule has 0 unspecified atom stereocenters. The highest BCUT2D eigenvalue weighted by atomic mass is 35.5. The lowest BCUT2D eigenvalue weighted by atomic mass is 10.0. The number of hydrogen-bond acceptors (Lipinski definition) is 4. The maximum Gasteiger partial charge on any atom is 0.160 e. The van der Waals surface area contributed by atoms with E-state index in [-0.39, 0.29) is 0 Å². The van der Waals surface area contributed by atoms with Crippen LogP contribution in [0.15, 0.2) is 152 Å². The molecule has 0 bridgehead atoms. The number of benzene rings is 5. The van der Waals surface area contributed by atoms with E-state index >= 15 is 0 Å². The van der Waals surface area contributed by atoms with E-state index in [2.05, 4.69) is 30.3 Å². The number of nitrogens with zero attached hydrogens (tertiary/aromatic N) is 4. The first-order chi connectivity index (χ1) is 21.2. The highest BCUT2D eigenvalue weighted by molar-refractivity contribution is 6.32. The van der Waals surface area contributed by atoms with E-state index in [0.29, 0.717) is 22.4 Å². The van der Waals surface area contributed by atoms with Crippen molar-refractivity contribution in [3.63, 3.8) is 0 Å². The largest absolute Gasteiger partial charge is 0.242 e. The fourth-order valence-corrected chi connectivity index (χ4v) is 5.32. The molecular weight excluding hydrogens is 548 g/mol. The van der Waals surface area contributed by atoms with Crippen LogP contribution < -0.4 is 0 Å². The van der Waals surface area contributed by atoms with Crippen LogP contribution in [0, 0.1) is 0 Å². The molecule has 0 atom stereocenters. The maximum atomic E-state index is 6.76. The molecular formula is C38H25ClN4. The molecule has 0 aliphatic rings. The molecule has 5 aromatic carbocycles. The smallest absolute Gasteiger partial charge is 0.160 e. The molecule has 7 rings (SSSR count). The minimum Gasteiger partial charge on any atom is -0.242 e. The van der Waals surface area contributed by atoms with Gasteiger partial charge < -0.3 is 0 Å². The summed E-state index contributed by atoms with van der Waals surface area (Å²) in [7, 11) is 0. The summed E-state index contributed by atoms with van der Waals surface area (Å²) < 4.78 is 0. The first-order valence-corrected chi connectivity index (χ1v) is 14.4. The summed E-state index contributed by atoms with van der Waals surface area (Å²) in [5.41, 5.74) is 9.48. The minimum atomic E-state index is 0.358. The van der Waals surface area contributed by atoms with E-state index in [1.807, 2.05) is 121 Å². The lowest BCUT2D eigenvalue weighted by Crippen LogP contribution is -1.99. The molecule has 7 aromatic rings. The molecule has 0 N–H and O–H groups in total.